The third-order valence-electron chi connectivity index (χ3n) is 2.67. The lowest BCUT2D eigenvalue weighted by Crippen LogP contribution is -2.37. The Morgan fingerprint density at radius 2 is 2.26 bits per heavy atom. The van der Waals surface area contributed by atoms with E-state index in [1.165, 1.54) is 0 Å². The average Bonchev–Trinajstić information content (AvgIpc) is 3.04. The van der Waals surface area contributed by atoms with Crippen LogP contribution < -0.4 is 10.6 Å². The summed E-state index contributed by atoms with van der Waals surface area (Å²) >= 11 is 0. The molecule has 0 aliphatic carbocycles. The van der Waals surface area contributed by atoms with Gasteiger partial charge in [0.15, 0.2) is 5.96 Å². The molecule has 2 aromatic rings. The summed E-state index contributed by atoms with van der Waals surface area (Å²) < 4.78 is 1.84. The lowest BCUT2D eigenvalue weighted by atomic mass is 10.4. The third-order valence-corrected chi connectivity index (χ3v) is 2.67. The van der Waals surface area contributed by atoms with Crippen LogP contribution in [0.2, 0.25) is 0 Å². The van der Waals surface area contributed by atoms with Gasteiger partial charge in [0, 0.05) is 26.0 Å². The number of rotatable bonds is 5. The van der Waals surface area contributed by atoms with Crippen molar-refractivity contribution < 1.29 is 0 Å². The molecule has 2 aromatic heterocycles. The quantitative estimate of drug-likeness (QED) is 0.537. The van der Waals surface area contributed by atoms with E-state index in [9.17, 15) is 0 Å². The average molecular weight is 261 g/mol. The van der Waals surface area contributed by atoms with E-state index in [0.29, 0.717) is 13.1 Å². The molecule has 0 atom stereocenters. The zero-order valence-electron chi connectivity index (χ0n) is 11.2. The van der Waals surface area contributed by atoms with Crippen LogP contribution in [0.15, 0.2) is 29.5 Å². The first-order valence-electron chi connectivity index (χ1n) is 6.27. The lowest BCUT2D eigenvalue weighted by Gasteiger charge is -2.11. The van der Waals surface area contributed by atoms with Crippen molar-refractivity contribution in [2.45, 2.75) is 20.0 Å². The van der Waals surface area contributed by atoms with Crippen LogP contribution in [-0.4, -0.2) is 32.5 Å². The number of nitrogens with one attached hydrogen (secondary N) is 3. The normalized spacial score (nSPS) is 11.6. The molecule has 0 spiro atoms. The molecule has 102 valence electrons. The van der Waals surface area contributed by atoms with E-state index in [0.717, 1.165) is 23.9 Å². The maximum Gasteiger partial charge on any atom is 0.191 e. The smallest absolute Gasteiger partial charge is 0.191 e. The van der Waals surface area contributed by atoms with E-state index < -0.39 is 0 Å². The summed E-state index contributed by atoms with van der Waals surface area (Å²) in [6.07, 6.45) is 3.51. The van der Waals surface area contributed by atoms with Crippen molar-refractivity contribution in [2.24, 2.45) is 12.0 Å². The topological polar surface area (TPSA) is 82.9 Å². The van der Waals surface area contributed by atoms with Gasteiger partial charge in [-0.3, -0.25) is 9.78 Å². The van der Waals surface area contributed by atoms with Gasteiger partial charge < -0.3 is 10.6 Å². The molecule has 7 heteroatoms. The van der Waals surface area contributed by atoms with E-state index in [4.69, 9.17) is 0 Å². The van der Waals surface area contributed by atoms with Crippen LogP contribution in [0.5, 0.6) is 0 Å². The molecule has 0 aliphatic heterocycles. The van der Waals surface area contributed by atoms with Crippen molar-refractivity contribution in [1.29, 1.82) is 0 Å². The van der Waals surface area contributed by atoms with Crippen LogP contribution in [0.25, 0.3) is 0 Å². The fraction of sp³-hybridized carbons (Fsp3) is 0.417. The summed E-state index contributed by atoms with van der Waals surface area (Å²) in [4.78, 5) is 4.48. The fourth-order valence-electron chi connectivity index (χ4n) is 1.63. The Labute approximate surface area is 112 Å². The molecule has 0 saturated heterocycles. The number of hydrogen-bond donors (Lipinski definition) is 3. The highest BCUT2D eigenvalue weighted by atomic mass is 15.3. The highest BCUT2D eigenvalue weighted by Gasteiger charge is 2.01. The second kappa shape index (κ2) is 6.58. The van der Waals surface area contributed by atoms with Crippen molar-refractivity contribution >= 4 is 5.96 Å². The molecule has 0 fully saturated rings. The van der Waals surface area contributed by atoms with E-state index in [1.807, 2.05) is 30.8 Å². The Morgan fingerprint density at radius 1 is 1.37 bits per heavy atom. The van der Waals surface area contributed by atoms with Gasteiger partial charge in [0.2, 0.25) is 0 Å². The lowest BCUT2D eigenvalue weighted by molar-refractivity contribution is 0.684. The van der Waals surface area contributed by atoms with Gasteiger partial charge in [0.05, 0.1) is 24.5 Å². The van der Waals surface area contributed by atoms with Crippen LogP contribution >= 0.6 is 0 Å². The molecule has 3 N–H and O–H groups in total. The Bertz CT molecular complexity index is 512. The van der Waals surface area contributed by atoms with Crippen LogP contribution in [0.4, 0.5) is 0 Å². The molecule has 0 aromatic carbocycles. The van der Waals surface area contributed by atoms with Crippen molar-refractivity contribution in [3.63, 3.8) is 0 Å². The van der Waals surface area contributed by atoms with Crippen molar-refractivity contribution in [1.82, 2.24) is 30.6 Å². The van der Waals surface area contributed by atoms with E-state index in [1.54, 1.807) is 12.4 Å². The van der Waals surface area contributed by atoms with Gasteiger partial charge in [-0.25, -0.2) is 4.99 Å². The van der Waals surface area contributed by atoms with Crippen molar-refractivity contribution in [3.8, 4) is 0 Å². The maximum atomic E-state index is 4.48. The summed E-state index contributed by atoms with van der Waals surface area (Å²) in [6.45, 7) is 4.11. The molecule has 0 aliphatic rings. The third kappa shape index (κ3) is 3.84. The SMILES string of the molecule is CCNC(=NCc1ccn[nH]1)NCc1ccnn1C. The Kier molecular flexibility index (Phi) is 4.54. The largest absolute Gasteiger partial charge is 0.357 e. The summed E-state index contributed by atoms with van der Waals surface area (Å²) in [5, 5.41) is 17.4. The Balaban J connectivity index is 1.92. The summed E-state index contributed by atoms with van der Waals surface area (Å²) in [6, 6.07) is 3.89. The number of guanidine groups is 1. The number of aromatic amines is 1. The highest BCUT2D eigenvalue weighted by Crippen LogP contribution is 1.96. The van der Waals surface area contributed by atoms with E-state index in [-0.39, 0.29) is 0 Å². The molecule has 2 heterocycles. The van der Waals surface area contributed by atoms with Gasteiger partial charge in [-0.2, -0.15) is 10.2 Å². The molecule has 0 amide bonds. The van der Waals surface area contributed by atoms with Crippen LogP contribution in [0.1, 0.15) is 18.3 Å². The second-order valence-electron chi connectivity index (χ2n) is 4.08. The van der Waals surface area contributed by atoms with Gasteiger partial charge >= 0.3 is 0 Å². The van der Waals surface area contributed by atoms with Crippen LogP contribution in [0.3, 0.4) is 0 Å². The number of aryl methyl sites for hydroxylation is 1. The van der Waals surface area contributed by atoms with E-state index >= 15 is 0 Å². The van der Waals surface area contributed by atoms with Gasteiger partial charge in [0.25, 0.3) is 0 Å². The minimum Gasteiger partial charge on any atom is -0.357 e. The van der Waals surface area contributed by atoms with Crippen molar-refractivity contribution in [3.05, 3.63) is 35.9 Å². The second-order valence-corrected chi connectivity index (χ2v) is 4.08. The van der Waals surface area contributed by atoms with Crippen molar-refractivity contribution in [2.75, 3.05) is 6.54 Å². The molecule has 0 saturated carbocycles. The van der Waals surface area contributed by atoms with Crippen LogP contribution in [-0.2, 0) is 20.1 Å². The first kappa shape index (κ1) is 13.1. The molecule has 2 rings (SSSR count). The minimum absolute atomic E-state index is 0.570. The standard InChI is InChI=1S/C12H19N7/c1-3-13-12(14-8-10-4-6-16-18-10)15-9-11-5-7-17-19(11)2/h4-7H,3,8-9H2,1-2H3,(H,16,18)(H2,13,14,15). The molecule has 19 heavy (non-hydrogen) atoms. The summed E-state index contributed by atoms with van der Waals surface area (Å²) in [7, 11) is 1.92. The zero-order valence-corrected chi connectivity index (χ0v) is 11.2. The summed E-state index contributed by atoms with van der Waals surface area (Å²) in [5.41, 5.74) is 2.09. The highest BCUT2D eigenvalue weighted by molar-refractivity contribution is 5.79. The van der Waals surface area contributed by atoms with E-state index in [2.05, 4.69) is 30.9 Å². The fourth-order valence-corrected chi connectivity index (χ4v) is 1.63. The number of nitrogens with zero attached hydrogens (tertiary/aromatic N) is 4. The molecule has 7 nitrogen and oxygen atoms in total. The van der Waals surface area contributed by atoms with Gasteiger partial charge in [-0.15, -0.1) is 0 Å². The number of hydrogen-bond acceptors (Lipinski definition) is 3. The Morgan fingerprint density at radius 3 is 2.89 bits per heavy atom. The predicted octanol–water partition coefficient (Wildman–Crippen LogP) is 0.398. The number of aromatic nitrogens is 4. The molecular formula is C12H19N7. The van der Waals surface area contributed by atoms with Gasteiger partial charge in [-0.05, 0) is 19.1 Å². The molecule has 0 radical (unpaired) electrons. The zero-order chi connectivity index (χ0) is 13.5. The number of aliphatic imine (C=N–C) groups is 1. The molecular weight excluding hydrogens is 242 g/mol. The predicted molar refractivity (Wildman–Crippen MR) is 73.5 cm³/mol. The minimum atomic E-state index is 0.570. The molecule has 0 bridgehead atoms. The molecule has 0 unspecified atom stereocenters. The maximum absolute atomic E-state index is 4.48. The monoisotopic (exact) mass is 261 g/mol. The van der Waals surface area contributed by atoms with Gasteiger partial charge in [-0.1, -0.05) is 0 Å². The Hall–Kier alpha value is -2.31. The first-order valence-corrected chi connectivity index (χ1v) is 6.27. The summed E-state index contributed by atoms with van der Waals surface area (Å²) in [5.74, 6) is 0.776. The van der Waals surface area contributed by atoms with Crippen LogP contribution in [0, 0.1) is 0 Å². The number of H-pyrrole nitrogens is 1. The first-order chi connectivity index (χ1) is 9.29. The van der Waals surface area contributed by atoms with Gasteiger partial charge in [0.1, 0.15) is 0 Å².